The second-order valence-corrected chi connectivity index (χ2v) is 5.61. The first-order chi connectivity index (χ1) is 12.0. The molecule has 3 aromatic rings. The molecule has 128 valence electrons. The van der Waals surface area contributed by atoms with E-state index in [0.29, 0.717) is 5.69 Å². The number of hydrogen-bond donors (Lipinski definition) is 2. The molecule has 0 fully saturated rings. The summed E-state index contributed by atoms with van der Waals surface area (Å²) in [7, 11) is 0. The number of carbonyl (C=O) groups is 1. The van der Waals surface area contributed by atoms with Gasteiger partial charge in [0.15, 0.2) is 0 Å². The molecule has 0 aliphatic heterocycles. The second-order valence-electron chi connectivity index (χ2n) is 5.61. The van der Waals surface area contributed by atoms with Gasteiger partial charge in [-0.3, -0.25) is 19.0 Å². The Hall–Kier alpha value is -3.22. The number of carbonyl (C=O) groups excluding carboxylic acids is 1. The number of halogens is 1. The Kier molecular flexibility index (Phi) is 4.47. The lowest BCUT2D eigenvalue weighted by molar-refractivity contribution is -0.116. The molecule has 6 nitrogen and oxygen atoms in total. The smallest absolute Gasteiger partial charge is 0.317 e. The SMILES string of the molecule is CCc1ccc(NC(=O)Cn2c(=O)c(=O)[nH]c3cc(F)ccc32)cc1. The summed E-state index contributed by atoms with van der Waals surface area (Å²) in [5.74, 6) is -1.00. The average molecular weight is 341 g/mol. The maximum Gasteiger partial charge on any atom is 0.317 e. The summed E-state index contributed by atoms with van der Waals surface area (Å²) in [6, 6.07) is 11.0. The number of rotatable bonds is 4. The molecular formula is C18H16FN3O3. The minimum absolute atomic E-state index is 0.157. The third-order valence-corrected chi connectivity index (χ3v) is 3.88. The van der Waals surface area contributed by atoms with Gasteiger partial charge in [0.2, 0.25) is 5.91 Å². The molecule has 0 bridgehead atoms. The number of amides is 1. The van der Waals surface area contributed by atoms with Gasteiger partial charge in [0.25, 0.3) is 0 Å². The van der Waals surface area contributed by atoms with Crippen LogP contribution in [-0.4, -0.2) is 15.5 Å². The fourth-order valence-corrected chi connectivity index (χ4v) is 2.58. The number of aryl methyl sites for hydroxylation is 1. The highest BCUT2D eigenvalue weighted by molar-refractivity contribution is 5.91. The number of aromatic nitrogens is 2. The van der Waals surface area contributed by atoms with Gasteiger partial charge in [-0.25, -0.2) is 4.39 Å². The second kappa shape index (κ2) is 6.72. The van der Waals surface area contributed by atoms with E-state index in [2.05, 4.69) is 10.3 Å². The molecule has 7 heteroatoms. The van der Waals surface area contributed by atoms with E-state index in [0.717, 1.165) is 28.7 Å². The van der Waals surface area contributed by atoms with Crippen molar-refractivity contribution in [1.29, 1.82) is 0 Å². The van der Waals surface area contributed by atoms with Gasteiger partial charge in [-0.2, -0.15) is 0 Å². The van der Waals surface area contributed by atoms with Crippen LogP contribution in [0.1, 0.15) is 12.5 Å². The van der Waals surface area contributed by atoms with Crippen molar-refractivity contribution < 1.29 is 9.18 Å². The van der Waals surface area contributed by atoms with Crippen LogP contribution >= 0.6 is 0 Å². The van der Waals surface area contributed by atoms with E-state index in [1.807, 2.05) is 19.1 Å². The highest BCUT2D eigenvalue weighted by Gasteiger charge is 2.12. The first-order valence-corrected chi connectivity index (χ1v) is 7.79. The predicted octanol–water partition coefficient (Wildman–Crippen LogP) is 2.03. The zero-order valence-electron chi connectivity index (χ0n) is 13.5. The Labute approximate surface area is 141 Å². The largest absolute Gasteiger partial charge is 0.325 e. The molecular weight excluding hydrogens is 325 g/mol. The lowest BCUT2D eigenvalue weighted by Gasteiger charge is -2.10. The first kappa shape index (κ1) is 16.6. The molecule has 0 radical (unpaired) electrons. The zero-order chi connectivity index (χ0) is 18.0. The summed E-state index contributed by atoms with van der Waals surface area (Å²) >= 11 is 0. The van der Waals surface area contributed by atoms with Crippen LogP contribution in [0, 0.1) is 5.82 Å². The van der Waals surface area contributed by atoms with E-state index in [1.54, 1.807) is 12.1 Å². The highest BCUT2D eigenvalue weighted by atomic mass is 19.1. The number of nitrogens with one attached hydrogen (secondary N) is 2. The quantitative estimate of drug-likeness (QED) is 0.712. The average Bonchev–Trinajstić information content (AvgIpc) is 2.59. The molecule has 0 aliphatic rings. The van der Waals surface area contributed by atoms with Crippen molar-refractivity contribution in [2.75, 3.05) is 5.32 Å². The Morgan fingerprint density at radius 3 is 2.56 bits per heavy atom. The minimum atomic E-state index is -0.904. The Morgan fingerprint density at radius 1 is 1.16 bits per heavy atom. The molecule has 25 heavy (non-hydrogen) atoms. The minimum Gasteiger partial charge on any atom is -0.325 e. The monoisotopic (exact) mass is 341 g/mol. The summed E-state index contributed by atoms with van der Waals surface area (Å²) in [5, 5.41) is 2.68. The summed E-state index contributed by atoms with van der Waals surface area (Å²) in [4.78, 5) is 38.4. The topological polar surface area (TPSA) is 84.0 Å². The third-order valence-electron chi connectivity index (χ3n) is 3.88. The van der Waals surface area contributed by atoms with Crippen LogP contribution < -0.4 is 16.4 Å². The normalized spacial score (nSPS) is 10.8. The van der Waals surface area contributed by atoms with E-state index < -0.39 is 22.8 Å². The van der Waals surface area contributed by atoms with E-state index in [-0.39, 0.29) is 17.6 Å². The summed E-state index contributed by atoms with van der Waals surface area (Å²) in [6.07, 6.45) is 0.888. The Bertz CT molecular complexity index is 1050. The van der Waals surface area contributed by atoms with Crippen molar-refractivity contribution in [3.8, 4) is 0 Å². The number of aromatic amines is 1. The summed E-state index contributed by atoms with van der Waals surface area (Å²) < 4.78 is 14.4. The Balaban J connectivity index is 1.91. The van der Waals surface area contributed by atoms with E-state index in [9.17, 15) is 18.8 Å². The van der Waals surface area contributed by atoms with Gasteiger partial charge in [-0.05, 0) is 42.3 Å². The molecule has 1 amide bonds. The maximum atomic E-state index is 13.3. The zero-order valence-corrected chi connectivity index (χ0v) is 13.5. The fourth-order valence-electron chi connectivity index (χ4n) is 2.58. The summed E-state index contributed by atoms with van der Waals surface area (Å²) in [6.45, 7) is 1.68. The van der Waals surface area contributed by atoms with Crippen LogP contribution in [0.25, 0.3) is 11.0 Å². The molecule has 3 rings (SSSR count). The van der Waals surface area contributed by atoms with Crippen molar-refractivity contribution in [3.63, 3.8) is 0 Å². The van der Waals surface area contributed by atoms with Gasteiger partial charge in [0, 0.05) is 5.69 Å². The van der Waals surface area contributed by atoms with Crippen LogP contribution in [0.3, 0.4) is 0 Å². The summed E-state index contributed by atoms with van der Waals surface area (Å²) in [5.41, 5.74) is 0.397. The molecule has 0 atom stereocenters. The number of H-pyrrole nitrogens is 1. The molecule has 1 aromatic heterocycles. The molecule has 0 spiro atoms. The van der Waals surface area contributed by atoms with Gasteiger partial charge < -0.3 is 10.3 Å². The molecule has 0 unspecified atom stereocenters. The molecule has 0 aliphatic carbocycles. The van der Waals surface area contributed by atoms with Gasteiger partial charge in [-0.1, -0.05) is 19.1 Å². The number of anilines is 1. The number of nitrogens with zero attached hydrogens (tertiary/aromatic N) is 1. The van der Waals surface area contributed by atoms with E-state index in [4.69, 9.17) is 0 Å². The van der Waals surface area contributed by atoms with Crippen LogP contribution in [0.4, 0.5) is 10.1 Å². The van der Waals surface area contributed by atoms with E-state index in [1.165, 1.54) is 6.07 Å². The molecule has 0 saturated heterocycles. The number of hydrogen-bond acceptors (Lipinski definition) is 3. The maximum absolute atomic E-state index is 13.3. The van der Waals surface area contributed by atoms with Crippen molar-refractivity contribution >= 4 is 22.6 Å². The van der Waals surface area contributed by atoms with Gasteiger partial charge >= 0.3 is 11.1 Å². The fraction of sp³-hybridized carbons (Fsp3) is 0.167. The molecule has 2 aromatic carbocycles. The van der Waals surface area contributed by atoms with Crippen molar-refractivity contribution in [2.45, 2.75) is 19.9 Å². The third kappa shape index (κ3) is 3.50. The predicted molar refractivity (Wildman–Crippen MR) is 93.2 cm³/mol. The highest BCUT2D eigenvalue weighted by Crippen LogP contribution is 2.12. The number of fused-ring (bicyclic) bond motifs is 1. The van der Waals surface area contributed by atoms with Crippen LogP contribution in [0.5, 0.6) is 0 Å². The van der Waals surface area contributed by atoms with Gasteiger partial charge in [0.1, 0.15) is 12.4 Å². The first-order valence-electron chi connectivity index (χ1n) is 7.79. The number of benzene rings is 2. The van der Waals surface area contributed by atoms with Crippen LogP contribution in [0.2, 0.25) is 0 Å². The standard InChI is InChI=1S/C18H16FN3O3/c1-2-11-3-6-13(7-4-11)20-16(23)10-22-15-8-5-12(19)9-14(15)21-17(24)18(22)25/h3-9H,2,10H2,1H3,(H,20,23)(H,21,24). The van der Waals surface area contributed by atoms with E-state index >= 15 is 0 Å². The van der Waals surface area contributed by atoms with Crippen LogP contribution in [-0.2, 0) is 17.8 Å². The Morgan fingerprint density at radius 2 is 1.88 bits per heavy atom. The van der Waals surface area contributed by atoms with Crippen molar-refractivity contribution in [1.82, 2.24) is 9.55 Å². The van der Waals surface area contributed by atoms with Crippen LogP contribution in [0.15, 0.2) is 52.1 Å². The molecule has 1 heterocycles. The molecule has 2 N–H and O–H groups in total. The lowest BCUT2D eigenvalue weighted by Crippen LogP contribution is -2.38. The van der Waals surface area contributed by atoms with Crippen molar-refractivity contribution in [3.05, 3.63) is 74.6 Å². The lowest BCUT2D eigenvalue weighted by atomic mass is 10.1. The van der Waals surface area contributed by atoms with Crippen molar-refractivity contribution in [2.24, 2.45) is 0 Å². The van der Waals surface area contributed by atoms with Gasteiger partial charge in [-0.15, -0.1) is 0 Å². The molecule has 0 saturated carbocycles. The van der Waals surface area contributed by atoms with Gasteiger partial charge in [0.05, 0.1) is 11.0 Å².